The standard InChI is InChI=1S/C18H20ClN7O/c1-11-13(16(19)25(4)22-11)9-23(2)10-15-20-21-18-24(3)17(27)12-7-5-6-8-14(12)26(15)18/h5-8H,9-10H2,1-4H3. The largest absolute Gasteiger partial charge is 0.295 e. The van der Waals surface area contributed by atoms with Crippen LogP contribution in [0.1, 0.15) is 17.1 Å². The van der Waals surface area contributed by atoms with Gasteiger partial charge in [0.05, 0.1) is 23.1 Å². The van der Waals surface area contributed by atoms with Crippen molar-refractivity contribution in [2.45, 2.75) is 20.0 Å². The Balaban J connectivity index is 1.75. The van der Waals surface area contributed by atoms with E-state index in [0.717, 1.165) is 22.6 Å². The topological polar surface area (TPSA) is 73.2 Å². The maximum atomic E-state index is 12.5. The number of hydrogen-bond donors (Lipinski definition) is 0. The van der Waals surface area contributed by atoms with E-state index in [1.807, 2.05) is 49.7 Å². The molecule has 0 unspecified atom stereocenters. The minimum absolute atomic E-state index is 0.0804. The van der Waals surface area contributed by atoms with Crippen molar-refractivity contribution in [2.24, 2.45) is 14.1 Å². The Morgan fingerprint density at radius 2 is 1.89 bits per heavy atom. The summed E-state index contributed by atoms with van der Waals surface area (Å²) in [5.74, 6) is 1.29. The van der Waals surface area contributed by atoms with E-state index in [1.165, 1.54) is 4.57 Å². The Morgan fingerprint density at radius 1 is 1.15 bits per heavy atom. The van der Waals surface area contributed by atoms with Crippen LogP contribution in [0.25, 0.3) is 16.7 Å². The monoisotopic (exact) mass is 385 g/mol. The van der Waals surface area contributed by atoms with Crippen LogP contribution in [0, 0.1) is 6.92 Å². The maximum Gasteiger partial charge on any atom is 0.262 e. The average Bonchev–Trinajstić information content (AvgIpc) is 3.16. The van der Waals surface area contributed by atoms with Gasteiger partial charge in [-0.25, -0.2) is 0 Å². The van der Waals surface area contributed by atoms with E-state index in [9.17, 15) is 4.79 Å². The molecule has 3 aromatic heterocycles. The van der Waals surface area contributed by atoms with Gasteiger partial charge in [-0.3, -0.25) is 23.3 Å². The number of nitrogens with zero attached hydrogens (tertiary/aromatic N) is 7. The first-order valence-electron chi connectivity index (χ1n) is 8.56. The van der Waals surface area contributed by atoms with E-state index in [2.05, 4.69) is 20.2 Å². The smallest absolute Gasteiger partial charge is 0.262 e. The van der Waals surface area contributed by atoms with Gasteiger partial charge in [-0.2, -0.15) is 5.10 Å². The highest BCUT2D eigenvalue weighted by molar-refractivity contribution is 6.30. The maximum absolute atomic E-state index is 12.5. The van der Waals surface area contributed by atoms with Crippen LogP contribution in [-0.2, 0) is 27.2 Å². The van der Waals surface area contributed by atoms with Crippen molar-refractivity contribution in [3.05, 3.63) is 56.9 Å². The molecule has 0 saturated heterocycles. The fourth-order valence-electron chi connectivity index (χ4n) is 3.42. The Hall–Kier alpha value is -2.71. The Bertz CT molecular complexity index is 1220. The number of hydrogen-bond acceptors (Lipinski definition) is 5. The molecule has 0 radical (unpaired) electrons. The molecule has 0 atom stereocenters. The second-order valence-electron chi connectivity index (χ2n) is 6.78. The van der Waals surface area contributed by atoms with E-state index in [-0.39, 0.29) is 5.56 Å². The van der Waals surface area contributed by atoms with Crippen molar-refractivity contribution in [3.63, 3.8) is 0 Å². The zero-order chi connectivity index (χ0) is 19.3. The zero-order valence-corrected chi connectivity index (χ0v) is 16.4. The minimum Gasteiger partial charge on any atom is -0.295 e. The highest BCUT2D eigenvalue weighted by Crippen LogP contribution is 2.21. The summed E-state index contributed by atoms with van der Waals surface area (Å²) in [5, 5.41) is 14.2. The van der Waals surface area contributed by atoms with Crippen molar-refractivity contribution in [1.82, 2.24) is 33.8 Å². The summed E-state index contributed by atoms with van der Waals surface area (Å²) >= 11 is 6.35. The van der Waals surface area contributed by atoms with Gasteiger partial charge in [0.25, 0.3) is 5.56 Å². The first-order valence-corrected chi connectivity index (χ1v) is 8.94. The number of aromatic nitrogens is 6. The molecule has 0 bridgehead atoms. The summed E-state index contributed by atoms with van der Waals surface area (Å²) in [4.78, 5) is 14.6. The third kappa shape index (κ3) is 2.81. The van der Waals surface area contributed by atoms with Crippen LogP contribution in [0.15, 0.2) is 29.1 Å². The third-order valence-electron chi connectivity index (χ3n) is 4.80. The number of aryl methyl sites for hydroxylation is 3. The van der Waals surface area contributed by atoms with E-state index in [0.29, 0.717) is 29.4 Å². The van der Waals surface area contributed by atoms with E-state index in [4.69, 9.17) is 11.6 Å². The molecular weight excluding hydrogens is 366 g/mol. The summed E-state index contributed by atoms with van der Waals surface area (Å²) in [6.45, 7) is 3.13. The Morgan fingerprint density at radius 3 is 2.59 bits per heavy atom. The summed E-state index contributed by atoms with van der Waals surface area (Å²) in [6, 6.07) is 7.51. The molecule has 0 saturated carbocycles. The van der Waals surface area contributed by atoms with Gasteiger partial charge in [-0.15, -0.1) is 10.2 Å². The molecule has 4 rings (SSSR count). The average molecular weight is 386 g/mol. The van der Waals surface area contributed by atoms with Gasteiger partial charge in [0.15, 0.2) is 5.82 Å². The quantitative estimate of drug-likeness (QED) is 0.536. The van der Waals surface area contributed by atoms with Gasteiger partial charge >= 0.3 is 0 Å². The molecule has 0 spiro atoms. The second kappa shape index (κ2) is 6.47. The molecule has 8 nitrogen and oxygen atoms in total. The predicted octanol–water partition coefficient (Wildman–Crippen LogP) is 1.91. The first kappa shape index (κ1) is 17.7. The van der Waals surface area contributed by atoms with E-state index < -0.39 is 0 Å². The Labute approximate surface area is 160 Å². The van der Waals surface area contributed by atoms with Crippen LogP contribution in [0.2, 0.25) is 5.15 Å². The van der Waals surface area contributed by atoms with E-state index in [1.54, 1.807) is 11.7 Å². The molecule has 3 heterocycles. The molecule has 0 aliphatic heterocycles. The fourth-order valence-corrected chi connectivity index (χ4v) is 3.65. The van der Waals surface area contributed by atoms with Crippen LogP contribution >= 0.6 is 11.6 Å². The highest BCUT2D eigenvalue weighted by atomic mass is 35.5. The lowest BCUT2D eigenvalue weighted by molar-refractivity contribution is 0.309. The lowest BCUT2D eigenvalue weighted by Crippen LogP contribution is -2.22. The van der Waals surface area contributed by atoms with Gasteiger partial charge in [0.2, 0.25) is 5.78 Å². The molecule has 0 aliphatic carbocycles. The normalized spacial score (nSPS) is 11.9. The molecule has 9 heteroatoms. The lowest BCUT2D eigenvalue weighted by atomic mass is 10.2. The van der Waals surface area contributed by atoms with Gasteiger partial charge in [-0.1, -0.05) is 23.7 Å². The molecule has 0 aliphatic rings. The lowest BCUT2D eigenvalue weighted by Gasteiger charge is -2.16. The summed E-state index contributed by atoms with van der Waals surface area (Å²) < 4.78 is 5.14. The molecule has 4 aromatic rings. The van der Waals surface area contributed by atoms with Crippen molar-refractivity contribution >= 4 is 28.3 Å². The zero-order valence-electron chi connectivity index (χ0n) is 15.6. The van der Waals surface area contributed by atoms with Crippen LogP contribution in [0.3, 0.4) is 0 Å². The summed E-state index contributed by atoms with van der Waals surface area (Å²) in [5.41, 5.74) is 2.63. The van der Waals surface area contributed by atoms with Crippen molar-refractivity contribution in [1.29, 1.82) is 0 Å². The molecule has 0 N–H and O–H groups in total. The molecular formula is C18H20ClN7O. The highest BCUT2D eigenvalue weighted by Gasteiger charge is 2.18. The summed E-state index contributed by atoms with van der Waals surface area (Å²) in [6.07, 6.45) is 0. The molecule has 140 valence electrons. The fraction of sp³-hybridized carbons (Fsp3) is 0.333. The van der Waals surface area contributed by atoms with E-state index >= 15 is 0 Å². The Kier molecular flexibility index (Phi) is 4.24. The summed E-state index contributed by atoms with van der Waals surface area (Å²) in [7, 11) is 5.54. The second-order valence-corrected chi connectivity index (χ2v) is 7.14. The van der Waals surface area contributed by atoms with Crippen LogP contribution in [-0.4, -0.2) is 40.9 Å². The molecule has 0 amide bonds. The number of halogens is 1. The van der Waals surface area contributed by atoms with Gasteiger partial charge in [-0.05, 0) is 26.1 Å². The molecule has 1 aromatic carbocycles. The van der Waals surface area contributed by atoms with Crippen LogP contribution in [0.4, 0.5) is 0 Å². The minimum atomic E-state index is -0.0804. The van der Waals surface area contributed by atoms with Crippen molar-refractivity contribution in [2.75, 3.05) is 7.05 Å². The van der Waals surface area contributed by atoms with Gasteiger partial charge in [0.1, 0.15) is 5.15 Å². The molecule has 0 fully saturated rings. The molecule has 27 heavy (non-hydrogen) atoms. The van der Waals surface area contributed by atoms with Crippen molar-refractivity contribution < 1.29 is 0 Å². The first-order chi connectivity index (χ1) is 12.9. The van der Waals surface area contributed by atoms with Gasteiger partial charge in [0, 0.05) is 26.2 Å². The van der Waals surface area contributed by atoms with Gasteiger partial charge < -0.3 is 0 Å². The predicted molar refractivity (Wildman–Crippen MR) is 104 cm³/mol. The number of fused-ring (bicyclic) bond motifs is 3. The number of para-hydroxylation sites is 1. The number of benzene rings is 1. The third-order valence-corrected chi connectivity index (χ3v) is 5.27. The van der Waals surface area contributed by atoms with Crippen LogP contribution < -0.4 is 5.56 Å². The SMILES string of the molecule is Cc1nn(C)c(Cl)c1CN(C)Cc1nnc2n(C)c(=O)c3ccccc3n12. The van der Waals surface area contributed by atoms with Crippen LogP contribution in [0.5, 0.6) is 0 Å². The van der Waals surface area contributed by atoms with Crippen molar-refractivity contribution in [3.8, 4) is 0 Å². The number of rotatable bonds is 4.